The van der Waals surface area contributed by atoms with Crippen molar-refractivity contribution in [2.45, 2.75) is 32.4 Å². The summed E-state index contributed by atoms with van der Waals surface area (Å²) in [7, 11) is 0. The second kappa shape index (κ2) is 7.37. The van der Waals surface area contributed by atoms with Crippen LogP contribution in [0, 0.1) is 0 Å². The molecule has 0 aliphatic rings. The molecule has 136 valence electrons. The lowest BCUT2D eigenvalue weighted by atomic mass is 9.97. The number of para-hydroxylation sites is 1. The molecular formula is C24H23NO2. The Labute approximate surface area is 158 Å². The van der Waals surface area contributed by atoms with Crippen molar-refractivity contribution < 1.29 is 9.90 Å². The highest BCUT2D eigenvalue weighted by atomic mass is 16.3. The van der Waals surface area contributed by atoms with E-state index in [-0.39, 0.29) is 11.9 Å². The Morgan fingerprint density at radius 2 is 1.63 bits per heavy atom. The van der Waals surface area contributed by atoms with Gasteiger partial charge in [0.25, 0.3) is 0 Å². The summed E-state index contributed by atoms with van der Waals surface area (Å²) in [6, 6.07) is 21.8. The van der Waals surface area contributed by atoms with Gasteiger partial charge in [-0.15, -0.1) is 0 Å². The fourth-order valence-corrected chi connectivity index (χ4v) is 3.67. The van der Waals surface area contributed by atoms with Gasteiger partial charge in [-0.2, -0.15) is 0 Å². The van der Waals surface area contributed by atoms with Gasteiger partial charge < -0.3 is 9.67 Å². The standard InChI is InChI=1S/C24H23NO2/c1-2-18(26)14-15-25-16-22(20-11-5-6-13-23(20)25)24(27)21-12-7-9-17-8-3-4-10-19(17)21/h3-13,16,18,26H,2,14-15H2,1H3/t18-/m1/s1. The Morgan fingerprint density at radius 1 is 0.926 bits per heavy atom. The minimum atomic E-state index is -0.316. The number of benzene rings is 3. The molecule has 0 saturated carbocycles. The Morgan fingerprint density at radius 3 is 2.44 bits per heavy atom. The molecule has 3 heteroatoms. The molecule has 27 heavy (non-hydrogen) atoms. The number of aromatic nitrogens is 1. The maximum Gasteiger partial charge on any atom is 0.195 e. The van der Waals surface area contributed by atoms with Crippen molar-refractivity contribution >= 4 is 27.5 Å². The van der Waals surface area contributed by atoms with Gasteiger partial charge in [0.05, 0.1) is 6.10 Å². The van der Waals surface area contributed by atoms with Crippen molar-refractivity contribution in [1.29, 1.82) is 0 Å². The summed E-state index contributed by atoms with van der Waals surface area (Å²) in [5.74, 6) is 0.0396. The first-order chi connectivity index (χ1) is 13.2. The van der Waals surface area contributed by atoms with Crippen LogP contribution in [0.1, 0.15) is 35.7 Å². The van der Waals surface area contributed by atoms with Gasteiger partial charge in [0.1, 0.15) is 0 Å². The summed E-state index contributed by atoms with van der Waals surface area (Å²) in [5.41, 5.74) is 2.47. The number of fused-ring (bicyclic) bond motifs is 2. The van der Waals surface area contributed by atoms with E-state index in [9.17, 15) is 9.90 Å². The zero-order chi connectivity index (χ0) is 18.8. The normalized spacial score (nSPS) is 12.5. The van der Waals surface area contributed by atoms with E-state index in [0.29, 0.717) is 18.5 Å². The van der Waals surface area contributed by atoms with Crippen LogP contribution in [0.25, 0.3) is 21.7 Å². The van der Waals surface area contributed by atoms with Gasteiger partial charge in [-0.1, -0.05) is 67.6 Å². The highest BCUT2D eigenvalue weighted by Crippen LogP contribution is 2.27. The molecule has 1 N–H and O–H groups in total. The largest absolute Gasteiger partial charge is 0.393 e. The summed E-state index contributed by atoms with van der Waals surface area (Å²) in [6.07, 6.45) is 3.04. The van der Waals surface area contributed by atoms with Crippen molar-refractivity contribution in [2.75, 3.05) is 0 Å². The monoisotopic (exact) mass is 357 g/mol. The molecule has 0 saturated heterocycles. The van der Waals surface area contributed by atoms with Crippen molar-refractivity contribution in [3.8, 4) is 0 Å². The highest BCUT2D eigenvalue weighted by Gasteiger charge is 2.18. The first-order valence-electron chi connectivity index (χ1n) is 9.47. The fraction of sp³-hybridized carbons (Fsp3) is 0.208. The molecule has 0 aliphatic heterocycles. The van der Waals surface area contributed by atoms with Crippen molar-refractivity contribution in [1.82, 2.24) is 4.57 Å². The number of hydrogen-bond acceptors (Lipinski definition) is 2. The molecule has 3 nitrogen and oxygen atoms in total. The van der Waals surface area contributed by atoms with Crippen LogP contribution in [0.15, 0.2) is 72.9 Å². The number of aliphatic hydroxyl groups is 1. The van der Waals surface area contributed by atoms with E-state index in [2.05, 4.69) is 4.57 Å². The van der Waals surface area contributed by atoms with Gasteiger partial charge in [-0.3, -0.25) is 4.79 Å². The average Bonchev–Trinajstić information content (AvgIpc) is 3.10. The zero-order valence-corrected chi connectivity index (χ0v) is 15.4. The number of ketones is 1. The summed E-state index contributed by atoms with van der Waals surface area (Å²) in [5, 5.41) is 12.9. The third-order valence-electron chi connectivity index (χ3n) is 5.24. The van der Waals surface area contributed by atoms with Gasteiger partial charge in [-0.05, 0) is 29.7 Å². The van der Waals surface area contributed by atoms with Crippen LogP contribution < -0.4 is 0 Å². The number of rotatable bonds is 6. The Hall–Kier alpha value is -2.91. The molecule has 3 aromatic carbocycles. The average molecular weight is 357 g/mol. The van der Waals surface area contributed by atoms with Crippen LogP contribution in [0.2, 0.25) is 0 Å². The molecule has 4 aromatic rings. The van der Waals surface area contributed by atoms with Crippen LogP contribution in [-0.2, 0) is 6.54 Å². The number of hydrogen-bond donors (Lipinski definition) is 1. The molecule has 0 unspecified atom stereocenters. The quantitative estimate of drug-likeness (QED) is 0.483. The number of aliphatic hydroxyl groups excluding tert-OH is 1. The predicted octanol–water partition coefficient (Wildman–Crippen LogP) is 5.19. The Kier molecular flexibility index (Phi) is 4.78. The van der Waals surface area contributed by atoms with E-state index in [1.165, 1.54) is 0 Å². The van der Waals surface area contributed by atoms with E-state index < -0.39 is 0 Å². The number of carbonyl (C=O) groups excluding carboxylic acids is 1. The molecule has 1 heterocycles. The molecule has 0 bridgehead atoms. The molecular weight excluding hydrogens is 334 g/mol. The number of nitrogens with zero attached hydrogens (tertiary/aromatic N) is 1. The van der Waals surface area contributed by atoms with Crippen LogP contribution in [-0.4, -0.2) is 21.6 Å². The van der Waals surface area contributed by atoms with E-state index in [1.807, 2.05) is 79.9 Å². The van der Waals surface area contributed by atoms with E-state index in [4.69, 9.17) is 0 Å². The number of aryl methyl sites for hydroxylation is 1. The molecule has 0 fully saturated rings. The zero-order valence-electron chi connectivity index (χ0n) is 15.4. The lowest BCUT2D eigenvalue weighted by Gasteiger charge is -2.09. The molecule has 1 atom stereocenters. The van der Waals surface area contributed by atoms with Gasteiger partial charge in [0.15, 0.2) is 5.78 Å². The SMILES string of the molecule is CC[C@@H](O)CCn1cc(C(=O)c2cccc3ccccc23)c2ccccc21. The summed E-state index contributed by atoms with van der Waals surface area (Å²) < 4.78 is 2.09. The first kappa shape index (κ1) is 17.5. The van der Waals surface area contributed by atoms with Gasteiger partial charge in [0.2, 0.25) is 0 Å². The van der Waals surface area contributed by atoms with Gasteiger partial charge in [-0.25, -0.2) is 0 Å². The van der Waals surface area contributed by atoms with E-state index in [1.54, 1.807) is 0 Å². The van der Waals surface area contributed by atoms with Crippen LogP contribution >= 0.6 is 0 Å². The molecule has 0 radical (unpaired) electrons. The fourth-order valence-electron chi connectivity index (χ4n) is 3.67. The third kappa shape index (κ3) is 3.26. The summed E-state index contributed by atoms with van der Waals surface area (Å²) >= 11 is 0. The molecule has 0 spiro atoms. The summed E-state index contributed by atoms with van der Waals surface area (Å²) in [4.78, 5) is 13.4. The lowest BCUT2D eigenvalue weighted by molar-refractivity contribution is 0.104. The van der Waals surface area contributed by atoms with Crippen molar-refractivity contribution in [2.24, 2.45) is 0 Å². The number of carbonyl (C=O) groups is 1. The highest BCUT2D eigenvalue weighted by molar-refractivity contribution is 6.21. The van der Waals surface area contributed by atoms with Gasteiger partial charge >= 0.3 is 0 Å². The lowest BCUT2D eigenvalue weighted by Crippen LogP contribution is -2.09. The molecule has 4 rings (SSSR count). The second-order valence-electron chi connectivity index (χ2n) is 6.96. The maximum atomic E-state index is 13.4. The van der Waals surface area contributed by atoms with Crippen molar-refractivity contribution in [3.05, 3.63) is 84.1 Å². The topological polar surface area (TPSA) is 42.2 Å². The van der Waals surface area contributed by atoms with Crippen molar-refractivity contribution in [3.63, 3.8) is 0 Å². The third-order valence-corrected chi connectivity index (χ3v) is 5.24. The predicted molar refractivity (Wildman–Crippen MR) is 110 cm³/mol. The maximum absolute atomic E-state index is 13.4. The van der Waals surface area contributed by atoms with Crippen LogP contribution in [0.5, 0.6) is 0 Å². The molecule has 0 amide bonds. The van der Waals surface area contributed by atoms with E-state index in [0.717, 1.165) is 33.7 Å². The Bertz CT molecular complexity index is 1100. The molecule has 1 aromatic heterocycles. The Balaban J connectivity index is 1.80. The van der Waals surface area contributed by atoms with Gasteiger partial charge in [0, 0.05) is 34.8 Å². The van der Waals surface area contributed by atoms with Crippen LogP contribution in [0.4, 0.5) is 0 Å². The molecule has 0 aliphatic carbocycles. The minimum absolute atomic E-state index is 0.0396. The smallest absolute Gasteiger partial charge is 0.195 e. The second-order valence-corrected chi connectivity index (χ2v) is 6.96. The van der Waals surface area contributed by atoms with E-state index >= 15 is 0 Å². The minimum Gasteiger partial charge on any atom is -0.393 e. The first-order valence-corrected chi connectivity index (χ1v) is 9.47. The summed E-state index contributed by atoms with van der Waals surface area (Å²) in [6.45, 7) is 2.67. The van der Waals surface area contributed by atoms with Crippen LogP contribution in [0.3, 0.4) is 0 Å².